The van der Waals surface area contributed by atoms with Crippen molar-refractivity contribution < 1.29 is 10.2 Å². The molecule has 0 aliphatic heterocycles. The highest BCUT2D eigenvalue weighted by Gasteiger charge is 2.21. The molecule has 0 aromatic heterocycles. The van der Waals surface area contributed by atoms with Gasteiger partial charge in [-0.2, -0.15) is 0 Å². The van der Waals surface area contributed by atoms with E-state index in [0.717, 1.165) is 25.7 Å². The lowest BCUT2D eigenvalue weighted by molar-refractivity contribution is 0.0644. The van der Waals surface area contributed by atoms with E-state index in [4.69, 9.17) is 5.11 Å². The molecule has 0 heterocycles. The smallest absolute Gasteiger partial charge is 0.0612 e. The monoisotopic (exact) mass is 198 g/mol. The molecule has 14 heavy (non-hydrogen) atoms. The molecule has 2 nitrogen and oxygen atoms in total. The van der Waals surface area contributed by atoms with Crippen LogP contribution in [0.1, 0.15) is 44.9 Å². The maximum absolute atomic E-state index is 9.71. The normalized spacial score (nSPS) is 28.4. The predicted octanol–water partition coefficient (Wildman–Crippen LogP) is 2.26. The fourth-order valence-electron chi connectivity index (χ4n) is 2.22. The van der Waals surface area contributed by atoms with Crippen molar-refractivity contribution in [1.82, 2.24) is 0 Å². The Balaban J connectivity index is 2.07. The van der Waals surface area contributed by atoms with Crippen LogP contribution in [0.15, 0.2) is 12.2 Å². The van der Waals surface area contributed by atoms with Crippen molar-refractivity contribution in [1.29, 1.82) is 0 Å². The second-order valence-electron chi connectivity index (χ2n) is 4.20. The molecule has 2 heteroatoms. The van der Waals surface area contributed by atoms with E-state index in [1.807, 2.05) is 6.08 Å². The van der Waals surface area contributed by atoms with Gasteiger partial charge in [0.05, 0.1) is 12.7 Å². The van der Waals surface area contributed by atoms with Gasteiger partial charge in [-0.15, -0.1) is 0 Å². The van der Waals surface area contributed by atoms with Crippen molar-refractivity contribution in [2.24, 2.45) is 5.92 Å². The number of aliphatic hydroxyl groups excluding tert-OH is 2. The highest BCUT2D eigenvalue weighted by Crippen LogP contribution is 2.28. The van der Waals surface area contributed by atoms with Gasteiger partial charge in [0.2, 0.25) is 0 Å². The van der Waals surface area contributed by atoms with Gasteiger partial charge in [-0.3, -0.25) is 0 Å². The van der Waals surface area contributed by atoms with Crippen LogP contribution >= 0.6 is 0 Å². The Morgan fingerprint density at radius 2 is 1.93 bits per heavy atom. The molecule has 0 aromatic carbocycles. The first-order chi connectivity index (χ1) is 6.84. The second kappa shape index (κ2) is 7.02. The van der Waals surface area contributed by atoms with Gasteiger partial charge in [0.15, 0.2) is 0 Å². The molecule has 1 aliphatic rings. The van der Waals surface area contributed by atoms with E-state index >= 15 is 0 Å². The van der Waals surface area contributed by atoms with Gasteiger partial charge in [0, 0.05) is 0 Å². The van der Waals surface area contributed by atoms with Crippen LogP contribution in [-0.4, -0.2) is 22.9 Å². The van der Waals surface area contributed by atoms with Crippen LogP contribution in [0, 0.1) is 5.92 Å². The Kier molecular flexibility index (Phi) is 5.88. The zero-order valence-corrected chi connectivity index (χ0v) is 8.86. The number of aliphatic hydroxyl groups is 2. The lowest BCUT2D eigenvalue weighted by atomic mass is 9.83. The minimum Gasteiger partial charge on any atom is -0.393 e. The Bertz CT molecular complexity index is 166. The minimum absolute atomic E-state index is 0.0504. The van der Waals surface area contributed by atoms with E-state index in [0.29, 0.717) is 5.92 Å². The van der Waals surface area contributed by atoms with E-state index in [1.54, 1.807) is 6.08 Å². The largest absolute Gasteiger partial charge is 0.393 e. The molecule has 0 amide bonds. The first-order valence-electron chi connectivity index (χ1n) is 5.78. The lowest BCUT2D eigenvalue weighted by Crippen LogP contribution is -2.24. The molecule has 0 saturated heterocycles. The van der Waals surface area contributed by atoms with Crippen molar-refractivity contribution in [2.45, 2.75) is 51.0 Å². The molecule has 0 aromatic rings. The summed E-state index contributed by atoms with van der Waals surface area (Å²) in [7, 11) is 0. The first-order valence-corrected chi connectivity index (χ1v) is 5.78. The summed E-state index contributed by atoms with van der Waals surface area (Å²) in [6, 6.07) is 0. The Morgan fingerprint density at radius 1 is 1.14 bits per heavy atom. The third-order valence-electron chi connectivity index (χ3n) is 3.09. The maximum Gasteiger partial charge on any atom is 0.0612 e. The molecule has 1 fully saturated rings. The maximum atomic E-state index is 9.71. The number of allylic oxidation sites excluding steroid dienone is 1. The molecule has 2 N–H and O–H groups in total. The highest BCUT2D eigenvalue weighted by molar-refractivity contribution is 4.82. The van der Waals surface area contributed by atoms with E-state index in [9.17, 15) is 5.11 Å². The zero-order chi connectivity index (χ0) is 10.2. The molecule has 1 aliphatic carbocycles. The lowest BCUT2D eigenvalue weighted by Gasteiger charge is -2.27. The number of hydrogen-bond acceptors (Lipinski definition) is 2. The topological polar surface area (TPSA) is 40.5 Å². The van der Waals surface area contributed by atoms with Crippen molar-refractivity contribution in [2.75, 3.05) is 6.61 Å². The fraction of sp³-hybridized carbons (Fsp3) is 0.833. The quantitative estimate of drug-likeness (QED) is 0.525. The SMILES string of the molecule is OC/C=C/CCC[C@H]1CCCC[C@@H]1O. The summed E-state index contributed by atoms with van der Waals surface area (Å²) in [6.45, 7) is 0.145. The van der Waals surface area contributed by atoms with Crippen LogP contribution in [0.25, 0.3) is 0 Å². The summed E-state index contributed by atoms with van der Waals surface area (Å²) in [5, 5.41) is 18.2. The summed E-state index contributed by atoms with van der Waals surface area (Å²) in [6.07, 6.45) is 11.7. The molecule has 82 valence electrons. The Hall–Kier alpha value is -0.340. The van der Waals surface area contributed by atoms with Crippen LogP contribution in [0.4, 0.5) is 0 Å². The zero-order valence-electron chi connectivity index (χ0n) is 8.86. The van der Waals surface area contributed by atoms with Gasteiger partial charge >= 0.3 is 0 Å². The molecular weight excluding hydrogens is 176 g/mol. The molecule has 0 radical (unpaired) electrons. The Morgan fingerprint density at radius 3 is 2.64 bits per heavy atom. The van der Waals surface area contributed by atoms with E-state index in [-0.39, 0.29) is 12.7 Å². The van der Waals surface area contributed by atoms with Gasteiger partial charge in [-0.1, -0.05) is 25.0 Å². The van der Waals surface area contributed by atoms with Gasteiger partial charge in [-0.25, -0.2) is 0 Å². The van der Waals surface area contributed by atoms with Crippen LogP contribution in [0.5, 0.6) is 0 Å². The third-order valence-corrected chi connectivity index (χ3v) is 3.09. The highest BCUT2D eigenvalue weighted by atomic mass is 16.3. The fourth-order valence-corrected chi connectivity index (χ4v) is 2.22. The van der Waals surface area contributed by atoms with E-state index in [2.05, 4.69) is 0 Å². The van der Waals surface area contributed by atoms with Crippen LogP contribution in [-0.2, 0) is 0 Å². The minimum atomic E-state index is -0.0504. The predicted molar refractivity (Wildman–Crippen MR) is 58.0 cm³/mol. The van der Waals surface area contributed by atoms with Gasteiger partial charge < -0.3 is 10.2 Å². The summed E-state index contributed by atoms with van der Waals surface area (Å²) >= 11 is 0. The summed E-state index contributed by atoms with van der Waals surface area (Å²) in [4.78, 5) is 0. The van der Waals surface area contributed by atoms with Gasteiger partial charge in [0.1, 0.15) is 0 Å². The van der Waals surface area contributed by atoms with Crippen molar-refractivity contribution >= 4 is 0 Å². The molecule has 0 spiro atoms. The number of hydrogen-bond donors (Lipinski definition) is 2. The molecule has 0 unspecified atom stereocenters. The van der Waals surface area contributed by atoms with Crippen LogP contribution in [0.3, 0.4) is 0 Å². The molecule has 0 bridgehead atoms. The van der Waals surface area contributed by atoms with Crippen LogP contribution in [0.2, 0.25) is 0 Å². The van der Waals surface area contributed by atoms with Crippen molar-refractivity contribution in [3.05, 3.63) is 12.2 Å². The molecule has 1 rings (SSSR count). The average molecular weight is 198 g/mol. The van der Waals surface area contributed by atoms with Gasteiger partial charge in [0.25, 0.3) is 0 Å². The van der Waals surface area contributed by atoms with Crippen LogP contribution < -0.4 is 0 Å². The molecular formula is C12H22O2. The second-order valence-corrected chi connectivity index (χ2v) is 4.20. The number of unbranched alkanes of at least 4 members (excludes halogenated alkanes) is 1. The summed E-state index contributed by atoms with van der Waals surface area (Å²) in [5.41, 5.74) is 0. The van der Waals surface area contributed by atoms with Crippen molar-refractivity contribution in [3.8, 4) is 0 Å². The molecule has 2 atom stereocenters. The van der Waals surface area contributed by atoms with Gasteiger partial charge in [-0.05, 0) is 38.0 Å². The summed E-state index contributed by atoms with van der Waals surface area (Å²) in [5.74, 6) is 0.534. The van der Waals surface area contributed by atoms with E-state index in [1.165, 1.54) is 19.3 Å². The van der Waals surface area contributed by atoms with E-state index < -0.39 is 0 Å². The third kappa shape index (κ3) is 4.25. The first kappa shape index (κ1) is 11.7. The van der Waals surface area contributed by atoms with Crippen molar-refractivity contribution in [3.63, 3.8) is 0 Å². The standard InChI is InChI=1S/C12H22O2/c13-10-6-2-1-3-7-11-8-4-5-9-12(11)14/h2,6,11-14H,1,3-5,7-10H2/b6-2+/t11-,12-/m0/s1. The number of rotatable bonds is 5. The average Bonchev–Trinajstić information content (AvgIpc) is 2.20. The summed E-state index contributed by atoms with van der Waals surface area (Å²) < 4.78 is 0. The Labute approximate surface area is 86.6 Å². The molecule has 1 saturated carbocycles.